The Hall–Kier alpha value is -2.97. The number of morpholine rings is 1. The predicted molar refractivity (Wildman–Crippen MR) is 133 cm³/mol. The van der Waals surface area contributed by atoms with Crippen molar-refractivity contribution in [3.05, 3.63) is 59.7 Å². The molecule has 0 bridgehead atoms. The molecule has 0 atom stereocenters. The first-order valence-corrected chi connectivity index (χ1v) is 11.8. The van der Waals surface area contributed by atoms with E-state index in [4.69, 9.17) is 21.7 Å². The third-order valence-electron chi connectivity index (χ3n) is 5.31. The number of thiocarbonyl (C=S) groups is 1. The second-order valence-electron chi connectivity index (χ2n) is 7.79. The molecule has 8 heteroatoms. The summed E-state index contributed by atoms with van der Waals surface area (Å²) in [5.41, 5.74) is 1.51. The van der Waals surface area contributed by atoms with Crippen molar-refractivity contribution in [2.75, 3.05) is 38.2 Å². The van der Waals surface area contributed by atoms with Crippen LogP contribution in [0.1, 0.15) is 53.3 Å². The molecule has 1 saturated heterocycles. The Morgan fingerprint density at radius 3 is 2.48 bits per heavy atom. The van der Waals surface area contributed by atoms with Gasteiger partial charge < -0.3 is 19.7 Å². The van der Waals surface area contributed by atoms with Crippen molar-refractivity contribution in [1.29, 1.82) is 0 Å². The van der Waals surface area contributed by atoms with E-state index in [0.29, 0.717) is 49.7 Å². The first kappa shape index (κ1) is 24.7. The van der Waals surface area contributed by atoms with E-state index in [1.807, 2.05) is 6.07 Å². The van der Waals surface area contributed by atoms with Crippen molar-refractivity contribution in [2.24, 2.45) is 0 Å². The molecule has 3 rings (SSSR count). The van der Waals surface area contributed by atoms with E-state index in [9.17, 15) is 9.59 Å². The maximum Gasteiger partial charge on any atom is 0.257 e. The molecule has 2 amide bonds. The van der Waals surface area contributed by atoms with Crippen molar-refractivity contribution in [1.82, 2.24) is 10.2 Å². The van der Waals surface area contributed by atoms with Crippen LogP contribution in [0.5, 0.6) is 5.75 Å². The molecule has 0 unspecified atom stereocenters. The van der Waals surface area contributed by atoms with Gasteiger partial charge in [0.15, 0.2) is 5.11 Å². The van der Waals surface area contributed by atoms with Gasteiger partial charge in [0, 0.05) is 18.7 Å². The van der Waals surface area contributed by atoms with Gasteiger partial charge in [-0.25, -0.2) is 0 Å². The van der Waals surface area contributed by atoms with E-state index in [-0.39, 0.29) is 16.9 Å². The highest BCUT2D eigenvalue weighted by molar-refractivity contribution is 7.80. The minimum atomic E-state index is -0.334. The summed E-state index contributed by atoms with van der Waals surface area (Å²) in [5.74, 6) is 0.305. The van der Waals surface area contributed by atoms with Gasteiger partial charge in [-0.2, -0.15) is 0 Å². The molecular formula is C25H31N3O4S. The van der Waals surface area contributed by atoms with Crippen LogP contribution in [-0.2, 0) is 4.74 Å². The normalized spacial score (nSPS) is 13.3. The van der Waals surface area contributed by atoms with E-state index >= 15 is 0 Å². The zero-order chi connectivity index (χ0) is 23.5. The molecule has 1 aliphatic rings. The molecule has 2 N–H and O–H groups in total. The third kappa shape index (κ3) is 7.54. The highest BCUT2D eigenvalue weighted by Gasteiger charge is 2.21. The summed E-state index contributed by atoms with van der Waals surface area (Å²) >= 11 is 5.32. The van der Waals surface area contributed by atoms with Crippen molar-refractivity contribution in [3.8, 4) is 5.75 Å². The van der Waals surface area contributed by atoms with Crippen LogP contribution in [0.4, 0.5) is 5.69 Å². The van der Waals surface area contributed by atoms with E-state index in [1.54, 1.807) is 47.4 Å². The highest BCUT2D eigenvalue weighted by atomic mass is 32.1. The first-order chi connectivity index (χ1) is 16.1. The van der Waals surface area contributed by atoms with Crippen LogP contribution >= 0.6 is 12.2 Å². The van der Waals surface area contributed by atoms with Gasteiger partial charge in [0.25, 0.3) is 11.8 Å². The van der Waals surface area contributed by atoms with Gasteiger partial charge in [-0.3, -0.25) is 14.9 Å². The van der Waals surface area contributed by atoms with Gasteiger partial charge in [-0.05, 0) is 55.0 Å². The number of ether oxygens (including phenoxy) is 2. The molecular weight excluding hydrogens is 438 g/mol. The fraction of sp³-hybridized carbons (Fsp3) is 0.400. The van der Waals surface area contributed by atoms with Crippen molar-refractivity contribution in [3.63, 3.8) is 0 Å². The lowest BCUT2D eigenvalue weighted by Gasteiger charge is -2.27. The van der Waals surface area contributed by atoms with Gasteiger partial charge in [0.05, 0.1) is 31.1 Å². The van der Waals surface area contributed by atoms with Crippen molar-refractivity contribution >= 4 is 34.8 Å². The summed E-state index contributed by atoms with van der Waals surface area (Å²) in [5, 5.41) is 5.78. The SMILES string of the molecule is CCCCCCOc1ccc(C(=O)NC(=S)Nc2ccccc2C(=O)N2CCOCC2)cc1. The molecule has 1 fully saturated rings. The molecule has 2 aromatic rings. The topological polar surface area (TPSA) is 79.9 Å². The van der Waals surface area contributed by atoms with Crippen LogP contribution < -0.4 is 15.4 Å². The monoisotopic (exact) mass is 469 g/mol. The molecule has 33 heavy (non-hydrogen) atoms. The van der Waals surface area contributed by atoms with Gasteiger partial charge in [-0.15, -0.1) is 0 Å². The second-order valence-corrected chi connectivity index (χ2v) is 8.20. The summed E-state index contributed by atoms with van der Waals surface area (Å²) in [7, 11) is 0. The third-order valence-corrected chi connectivity index (χ3v) is 5.52. The van der Waals surface area contributed by atoms with Crippen molar-refractivity contribution < 1.29 is 19.1 Å². The summed E-state index contributed by atoms with van der Waals surface area (Å²) in [4.78, 5) is 27.2. The van der Waals surface area contributed by atoms with Gasteiger partial charge in [0.2, 0.25) is 0 Å². The molecule has 7 nitrogen and oxygen atoms in total. The van der Waals surface area contributed by atoms with Crippen LogP contribution in [0.2, 0.25) is 0 Å². The number of rotatable bonds is 9. The minimum Gasteiger partial charge on any atom is -0.494 e. The zero-order valence-electron chi connectivity index (χ0n) is 19.0. The minimum absolute atomic E-state index is 0.0965. The van der Waals surface area contributed by atoms with Crippen molar-refractivity contribution in [2.45, 2.75) is 32.6 Å². The molecule has 0 spiro atoms. The molecule has 176 valence electrons. The molecule has 1 aliphatic heterocycles. The Bertz CT molecular complexity index is 943. The molecule has 0 aliphatic carbocycles. The Labute approximate surface area is 200 Å². The Morgan fingerprint density at radius 1 is 1.03 bits per heavy atom. The zero-order valence-corrected chi connectivity index (χ0v) is 19.8. The number of amides is 2. The lowest BCUT2D eigenvalue weighted by atomic mass is 10.1. The lowest BCUT2D eigenvalue weighted by Crippen LogP contribution is -2.41. The summed E-state index contributed by atoms with van der Waals surface area (Å²) in [6.07, 6.45) is 4.58. The van der Waals surface area contributed by atoms with E-state index in [0.717, 1.165) is 18.6 Å². The lowest BCUT2D eigenvalue weighted by molar-refractivity contribution is 0.0303. The predicted octanol–water partition coefficient (Wildman–Crippen LogP) is 4.24. The van der Waals surface area contributed by atoms with Gasteiger partial charge in [0.1, 0.15) is 5.75 Å². The maximum absolute atomic E-state index is 12.9. The smallest absolute Gasteiger partial charge is 0.257 e. The number of unbranched alkanes of at least 4 members (excludes halogenated alkanes) is 3. The molecule has 1 heterocycles. The fourth-order valence-corrected chi connectivity index (χ4v) is 3.67. The average molecular weight is 470 g/mol. The number of anilines is 1. The van der Waals surface area contributed by atoms with E-state index in [2.05, 4.69) is 17.6 Å². The Balaban J connectivity index is 1.53. The van der Waals surface area contributed by atoms with Gasteiger partial charge in [-0.1, -0.05) is 38.3 Å². The van der Waals surface area contributed by atoms with Crippen LogP contribution in [0, 0.1) is 0 Å². The Morgan fingerprint density at radius 2 is 1.76 bits per heavy atom. The Kier molecular flexibility index (Phi) is 9.65. The molecule has 0 radical (unpaired) electrons. The summed E-state index contributed by atoms with van der Waals surface area (Å²) in [6.45, 7) is 4.99. The van der Waals surface area contributed by atoms with Crippen LogP contribution in [0.3, 0.4) is 0 Å². The number of carbonyl (C=O) groups excluding carboxylic acids is 2. The van der Waals surface area contributed by atoms with Crippen LogP contribution in [0.25, 0.3) is 0 Å². The van der Waals surface area contributed by atoms with E-state index in [1.165, 1.54) is 12.8 Å². The fourth-order valence-electron chi connectivity index (χ4n) is 3.47. The van der Waals surface area contributed by atoms with E-state index < -0.39 is 0 Å². The molecule has 0 saturated carbocycles. The largest absolute Gasteiger partial charge is 0.494 e. The molecule has 0 aromatic heterocycles. The van der Waals surface area contributed by atoms with Crippen LogP contribution in [-0.4, -0.2) is 54.7 Å². The number of hydrogen-bond donors (Lipinski definition) is 2. The number of benzene rings is 2. The summed E-state index contributed by atoms with van der Waals surface area (Å²) < 4.78 is 11.0. The highest BCUT2D eigenvalue weighted by Crippen LogP contribution is 2.18. The second kappa shape index (κ2) is 12.9. The number of para-hydroxylation sites is 1. The summed E-state index contributed by atoms with van der Waals surface area (Å²) in [6, 6.07) is 14.1. The first-order valence-electron chi connectivity index (χ1n) is 11.4. The number of carbonyl (C=O) groups is 2. The standard InChI is InChI=1S/C25H31N3O4S/c1-2-3-4-7-16-32-20-12-10-19(11-13-20)23(29)27-25(33)26-22-9-6-5-8-21(22)24(30)28-14-17-31-18-15-28/h5-6,8-13H,2-4,7,14-18H2,1H3,(H2,26,27,29,33). The number of hydrogen-bond acceptors (Lipinski definition) is 5. The average Bonchev–Trinajstić information content (AvgIpc) is 2.84. The van der Waals surface area contributed by atoms with Gasteiger partial charge >= 0.3 is 0 Å². The number of nitrogens with one attached hydrogen (secondary N) is 2. The molecule has 2 aromatic carbocycles. The van der Waals surface area contributed by atoms with Crippen LogP contribution in [0.15, 0.2) is 48.5 Å². The number of nitrogens with zero attached hydrogens (tertiary/aromatic N) is 1. The maximum atomic E-state index is 12.9. The quantitative estimate of drug-likeness (QED) is 0.422.